The number of anilines is 1. The van der Waals surface area contributed by atoms with Crippen LogP contribution in [0.3, 0.4) is 0 Å². The highest BCUT2D eigenvalue weighted by Gasteiger charge is 1.94. The molecule has 1 aromatic rings. The molecule has 76 valence electrons. The number of benzene rings is 1. The molecule has 0 unspecified atom stereocenters. The number of hydrogen-bond donors (Lipinski definition) is 1. The average molecular weight is 201 g/mol. The van der Waals surface area contributed by atoms with E-state index in [1.807, 2.05) is 6.07 Å². The van der Waals surface area contributed by atoms with Crippen LogP contribution in [0.5, 0.6) is 0 Å². The van der Waals surface area contributed by atoms with Gasteiger partial charge in [-0.2, -0.15) is 0 Å². The van der Waals surface area contributed by atoms with Crippen LogP contribution in [0.15, 0.2) is 24.3 Å². The highest BCUT2D eigenvalue weighted by molar-refractivity contribution is 5.88. The number of carbonyl (C=O) groups is 2. The molecule has 1 rings (SSSR count). The van der Waals surface area contributed by atoms with Crippen LogP contribution < -0.4 is 5.32 Å². The predicted molar refractivity (Wildman–Crippen MR) is 58.3 cm³/mol. The van der Waals surface area contributed by atoms with Crippen LogP contribution >= 0.6 is 0 Å². The summed E-state index contributed by atoms with van der Waals surface area (Å²) in [6.07, 6.45) is 0.981. The normalized spacial score (nSPS) is 8.60. The van der Waals surface area contributed by atoms with Crippen molar-refractivity contribution in [1.29, 1.82) is 0 Å². The van der Waals surface area contributed by atoms with Crippen LogP contribution in [0, 0.1) is 11.8 Å². The third-order valence-corrected chi connectivity index (χ3v) is 1.60. The van der Waals surface area contributed by atoms with Crippen molar-refractivity contribution in [1.82, 2.24) is 0 Å². The minimum Gasteiger partial charge on any atom is -0.326 e. The SMILES string of the molecule is CC(=O)Nc1cccc(C#CCC=O)c1. The van der Waals surface area contributed by atoms with Crippen molar-refractivity contribution in [2.75, 3.05) is 5.32 Å². The van der Waals surface area contributed by atoms with Gasteiger partial charge in [0.2, 0.25) is 5.91 Å². The van der Waals surface area contributed by atoms with Gasteiger partial charge in [-0.1, -0.05) is 17.9 Å². The van der Waals surface area contributed by atoms with E-state index in [1.165, 1.54) is 6.92 Å². The Labute approximate surface area is 88.5 Å². The third-order valence-electron chi connectivity index (χ3n) is 1.60. The summed E-state index contributed by atoms with van der Waals surface area (Å²) in [5.41, 5.74) is 1.49. The molecule has 3 heteroatoms. The molecule has 1 aromatic carbocycles. The van der Waals surface area contributed by atoms with Crippen molar-refractivity contribution in [3.63, 3.8) is 0 Å². The lowest BCUT2D eigenvalue weighted by Gasteiger charge is -2.01. The van der Waals surface area contributed by atoms with Gasteiger partial charge in [-0.3, -0.25) is 4.79 Å². The Kier molecular flexibility index (Phi) is 4.11. The fourth-order valence-corrected chi connectivity index (χ4v) is 1.07. The fraction of sp³-hybridized carbons (Fsp3) is 0.167. The highest BCUT2D eigenvalue weighted by Crippen LogP contribution is 2.09. The molecule has 0 saturated heterocycles. The van der Waals surface area contributed by atoms with Crippen molar-refractivity contribution in [3.8, 4) is 11.8 Å². The second-order valence-corrected chi connectivity index (χ2v) is 2.93. The van der Waals surface area contributed by atoms with Gasteiger partial charge in [0.15, 0.2) is 0 Å². The molecule has 0 heterocycles. The first-order chi connectivity index (χ1) is 7.22. The molecule has 0 radical (unpaired) electrons. The Bertz CT molecular complexity index is 427. The van der Waals surface area contributed by atoms with E-state index >= 15 is 0 Å². The summed E-state index contributed by atoms with van der Waals surface area (Å²) in [4.78, 5) is 20.8. The molecule has 1 amide bonds. The molecule has 0 aliphatic heterocycles. The molecule has 1 N–H and O–H groups in total. The summed E-state index contributed by atoms with van der Waals surface area (Å²) < 4.78 is 0. The van der Waals surface area contributed by atoms with Crippen LogP contribution in [-0.2, 0) is 9.59 Å². The third kappa shape index (κ3) is 4.10. The Morgan fingerprint density at radius 2 is 2.33 bits per heavy atom. The molecule has 0 bridgehead atoms. The molecule has 0 fully saturated rings. The quantitative estimate of drug-likeness (QED) is 0.583. The van der Waals surface area contributed by atoms with E-state index < -0.39 is 0 Å². The van der Waals surface area contributed by atoms with Gasteiger partial charge >= 0.3 is 0 Å². The predicted octanol–water partition coefficient (Wildman–Crippen LogP) is 1.59. The lowest BCUT2D eigenvalue weighted by Crippen LogP contribution is -2.05. The molecule has 0 aliphatic carbocycles. The maximum Gasteiger partial charge on any atom is 0.221 e. The van der Waals surface area contributed by atoms with E-state index in [-0.39, 0.29) is 12.3 Å². The number of aldehydes is 1. The summed E-state index contributed by atoms with van der Waals surface area (Å²) in [5, 5.41) is 2.66. The number of nitrogens with one attached hydrogen (secondary N) is 1. The summed E-state index contributed by atoms with van der Waals surface area (Å²) in [6, 6.07) is 7.17. The zero-order valence-electron chi connectivity index (χ0n) is 8.41. The lowest BCUT2D eigenvalue weighted by atomic mass is 10.2. The van der Waals surface area contributed by atoms with Crippen molar-refractivity contribution in [2.24, 2.45) is 0 Å². The van der Waals surface area contributed by atoms with E-state index in [4.69, 9.17) is 0 Å². The Morgan fingerprint density at radius 3 is 3.00 bits per heavy atom. The minimum absolute atomic E-state index is 0.118. The second kappa shape index (κ2) is 5.61. The van der Waals surface area contributed by atoms with E-state index in [2.05, 4.69) is 17.2 Å². The first kappa shape index (κ1) is 11.0. The van der Waals surface area contributed by atoms with Crippen LogP contribution in [0.4, 0.5) is 5.69 Å². The fourth-order valence-electron chi connectivity index (χ4n) is 1.07. The van der Waals surface area contributed by atoms with Crippen LogP contribution in [-0.4, -0.2) is 12.2 Å². The molecule has 0 aromatic heterocycles. The molecule has 0 saturated carbocycles. The first-order valence-corrected chi connectivity index (χ1v) is 4.52. The van der Waals surface area contributed by atoms with Gasteiger partial charge in [0, 0.05) is 18.2 Å². The lowest BCUT2D eigenvalue weighted by molar-refractivity contribution is -0.114. The van der Waals surface area contributed by atoms with Gasteiger partial charge in [-0.05, 0) is 18.2 Å². The summed E-state index contributed by atoms with van der Waals surface area (Å²) in [6.45, 7) is 1.45. The van der Waals surface area contributed by atoms with Gasteiger partial charge in [0.25, 0.3) is 0 Å². The summed E-state index contributed by atoms with van der Waals surface area (Å²) in [7, 11) is 0. The van der Waals surface area contributed by atoms with E-state index in [0.29, 0.717) is 5.69 Å². The molecule has 3 nitrogen and oxygen atoms in total. The molecular weight excluding hydrogens is 190 g/mol. The zero-order valence-corrected chi connectivity index (χ0v) is 8.41. The summed E-state index contributed by atoms with van der Waals surface area (Å²) in [5.74, 6) is 5.41. The van der Waals surface area contributed by atoms with E-state index in [9.17, 15) is 9.59 Å². The first-order valence-electron chi connectivity index (χ1n) is 4.52. The largest absolute Gasteiger partial charge is 0.326 e. The van der Waals surface area contributed by atoms with E-state index in [0.717, 1.165) is 11.8 Å². The van der Waals surface area contributed by atoms with Crippen molar-refractivity contribution >= 4 is 17.9 Å². The number of hydrogen-bond acceptors (Lipinski definition) is 2. The molecular formula is C12H11NO2. The smallest absolute Gasteiger partial charge is 0.221 e. The van der Waals surface area contributed by atoms with Crippen molar-refractivity contribution in [3.05, 3.63) is 29.8 Å². The van der Waals surface area contributed by atoms with Gasteiger partial charge < -0.3 is 10.1 Å². The Morgan fingerprint density at radius 1 is 1.53 bits per heavy atom. The van der Waals surface area contributed by atoms with Crippen molar-refractivity contribution in [2.45, 2.75) is 13.3 Å². The Balaban J connectivity index is 2.79. The number of rotatable bonds is 2. The average Bonchev–Trinajstić information content (AvgIpc) is 2.18. The molecule has 0 atom stereocenters. The van der Waals surface area contributed by atoms with Gasteiger partial charge in [0.1, 0.15) is 6.29 Å². The molecule has 15 heavy (non-hydrogen) atoms. The van der Waals surface area contributed by atoms with Crippen LogP contribution in [0.1, 0.15) is 18.9 Å². The molecule has 0 aliphatic rings. The molecule has 0 spiro atoms. The Hall–Kier alpha value is -2.08. The van der Waals surface area contributed by atoms with Crippen molar-refractivity contribution < 1.29 is 9.59 Å². The number of amides is 1. The monoisotopic (exact) mass is 201 g/mol. The second-order valence-electron chi connectivity index (χ2n) is 2.93. The summed E-state index contributed by atoms with van der Waals surface area (Å²) >= 11 is 0. The van der Waals surface area contributed by atoms with E-state index in [1.54, 1.807) is 18.2 Å². The van der Waals surface area contributed by atoms with Gasteiger partial charge in [0.05, 0.1) is 6.42 Å². The maximum atomic E-state index is 10.8. The van der Waals surface area contributed by atoms with Gasteiger partial charge in [-0.25, -0.2) is 0 Å². The highest BCUT2D eigenvalue weighted by atomic mass is 16.1. The minimum atomic E-state index is -0.118. The zero-order chi connectivity index (χ0) is 11.1. The topological polar surface area (TPSA) is 46.2 Å². The van der Waals surface area contributed by atoms with Crippen LogP contribution in [0.25, 0.3) is 0 Å². The van der Waals surface area contributed by atoms with Crippen LogP contribution in [0.2, 0.25) is 0 Å². The number of carbonyl (C=O) groups excluding carboxylic acids is 2. The maximum absolute atomic E-state index is 10.8. The standard InChI is InChI=1S/C12H11NO2/c1-10(15)13-12-7-4-6-11(9-12)5-2-3-8-14/h4,6-9H,3H2,1H3,(H,13,15). The van der Waals surface area contributed by atoms with Gasteiger partial charge in [-0.15, -0.1) is 0 Å².